The van der Waals surface area contributed by atoms with Crippen LogP contribution < -0.4 is 5.73 Å². The van der Waals surface area contributed by atoms with Crippen molar-refractivity contribution in [1.82, 2.24) is 0 Å². The zero-order chi connectivity index (χ0) is 12.3. The molecule has 1 aromatic rings. The van der Waals surface area contributed by atoms with Crippen LogP contribution in [0.5, 0.6) is 0 Å². The number of esters is 1. The van der Waals surface area contributed by atoms with Gasteiger partial charge >= 0.3 is 5.97 Å². The lowest BCUT2D eigenvalue weighted by atomic mass is 9.81. The summed E-state index contributed by atoms with van der Waals surface area (Å²) in [5, 5.41) is 0. The first-order valence-corrected chi connectivity index (χ1v) is 6.24. The zero-order valence-electron chi connectivity index (χ0n) is 10.6. The SMILES string of the molecule is CCOC(=O)CC1CCCc2ccc(N)cc21.Cl. The van der Waals surface area contributed by atoms with Crippen molar-refractivity contribution in [3.63, 3.8) is 0 Å². The van der Waals surface area contributed by atoms with Gasteiger partial charge in [-0.2, -0.15) is 0 Å². The van der Waals surface area contributed by atoms with Gasteiger partial charge in [-0.25, -0.2) is 0 Å². The van der Waals surface area contributed by atoms with Crippen LogP contribution in [0.3, 0.4) is 0 Å². The Balaban J connectivity index is 0.00000162. The number of benzene rings is 1. The van der Waals surface area contributed by atoms with E-state index in [0.29, 0.717) is 13.0 Å². The van der Waals surface area contributed by atoms with E-state index in [0.717, 1.165) is 24.9 Å². The first-order valence-electron chi connectivity index (χ1n) is 6.24. The summed E-state index contributed by atoms with van der Waals surface area (Å²) in [7, 11) is 0. The Labute approximate surface area is 114 Å². The van der Waals surface area contributed by atoms with Crippen molar-refractivity contribution in [3.8, 4) is 0 Å². The maximum absolute atomic E-state index is 11.6. The van der Waals surface area contributed by atoms with Crippen molar-refractivity contribution in [3.05, 3.63) is 29.3 Å². The minimum atomic E-state index is -0.104. The first kappa shape index (κ1) is 14.8. The summed E-state index contributed by atoms with van der Waals surface area (Å²) in [6.07, 6.45) is 3.76. The van der Waals surface area contributed by atoms with Crippen LogP contribution in [-0.4, -0.2) is 12.6 Å². The average Bonchev–Trinajstić information content (AvgIpc) is 2.30. The second-order valence-electron chi connectivity index (χ2n) is 4.56. The van der Waals surface area contributed by atoms with Gasteiger partial charge in [0.05, 0.1) is 13.0 Å². The highest BCUT2D eigenvalue weighted by Crippen LogP contribution is 2.35. The molecule has 0 bridgehead atoms. The van der Waals surface area contributed by atoms with Crippen LogP contribution in [0.1, 0.15) is 43.2 Å². The van der Waals surface area contributed by atoms with Gasteiger partial charge in [0, 0.05) is 5.69 Å². The molecular weight excluding hydrogens is 250 g/mol. The molecule has 0 aromatic heterocycles. The van der Waals surface area contributed by atoms with Crippen LogP contribution in [0.4, 0.5) is 5.69 Å². The highest BCUT2D eigenvalue weighted by molar-refractivity contribution is 5.85. The van der Waals surface area contributed by atoms with Crippen molar-refractivity contribution in [2.75, 3.05) is 12.3 Å². The molecular formula is C14H20ClNO2. The zero-order valence-corrected chi connectivity index (χ0v) is 11.5. The molecule has 2 rings (SSSR count). The fourth-order valence-electron chi connectivity index (χ4n) is 2.55. The summed E-state index contributed by atoms with van der Waals surface area (Å²) in [5.74, 6) is 0.175. The summed E-state index contributed by atoms with van der Waals surface area (Å²) in [6, 6.07) is 6.03. The van der Waals surface area contributed by atoms with Crippen molar-refractivity contribution >= 4 is 24.1 Å². The molecule has 1 atom stereocenters. The minimum absolute atomic E-state index is 0. The van der Waals surface area contributed by atoms with Gasteiger partial charge in [0.1, 0.15) is 0 Å². The quantitative estimate of drug-likeness (QED) is 0.678. The maximum Gasteiger partial charge on any atom is 0.306 e. The normalized spacial score (nSPS) is 17.5. The van der Waals surface area contributed by atoms with E-state index in [4.69, 9.17) is 10.5 Å². The molecule has 1 unspecified atom stereocenters. The van der Waals surface area contributed by atoms with Gasteiger partial charge in [0.2, 0.25) is 0 Å². The predicted molar refractivity (Wildman–Crippen MR) is 75.0 cm³/mol. The van der Waals surface area contributed by atoms with E-state index in [9.17, 15) is 4.79 Å². The van der Waals surface area contributed by atoms with Gasteiger partial charge in [-0.3, -0.25) is 4.79 Å². The summed E-state index contributed by atoms with van der Waals surface area (Å²) in [4.78, 5) is 11.6. The van der Waals surface area contributed by atoms with Gasteiger partial charge in [-0.05, 0) is 55.4 Å². The number of aryl methyl sites for hydroxylation is 1. The van der Waals surface area contributed by atoms with E-state index in [1.54, 1.807) is 0 Å². The fourth-order valence-corrected chi connectivity index (χ4v) is 2.55. The standard InChI is InChI=1S/C14H19NO2.ClH/c1-2-17-14(16)8-11-5-3-4-10-6-7-12(15)9-13(10)11;/h6-7,9,11H,2-5,8,15H2,1H3;1H. The Morgan fingerprint density at radius 1 is 1.50 bits per heavy atom. The number of ether oxygens (including phenoxy) is 1. The highest BCUT2D eigenvalue weighted by atomic mass is 35.5. The molecule has 1 aliphatic rings. The number of halogens is 1. The second kappa shape index (κ2) is 6.64. The predicted octanol–water partition coefficient (Wildman–Crippen LogP) is 3.06. The molecule has 4 heteroatoms. The number of fused-ring (bicyclic) bond motifs is 1. The molecule has 2 N–H and O–H groups in total. The third-order valence-electron chi connectivity index (χ3n) is 3.33. The highest BCUT2D eigenvalue weighted by Gasteiger charge is 2.23. The average molecular weight is 270 g/mol. The minimum Gasteiger partial charge on any atom is -0.466 e. The van der Waals surface area contributed by atoms with Crippen LogP contribution in [0.25, 0.3) is 0 Å². The third-order valence-corrected chi connectivity index (χ3v) is 3.33. The summed E-state index contributed by atoms with van der Waals surface area (Å²) in [5.41, 5.74) is 9.17. The van der Waals surface area contributed by atoms with Crippen molar-refractivity contribution in [1.29, 1.82) is 0 Å². The second-order valence-corrected chi connectivity index (χ2v) is 4.56. The molecule has 0 saturated carbocycles. The number of nitrogens with two attached hydrogens (primary N) is 1. The Kier molecular flexibility index (Phi) is 5.48. The van der Waals surface area contributed by atoms with E-state index >= 15 is 0 Å². The summed E-state index contributed by atoms with van der Waals surface area (Å²) in [6.45, 7) is 2.29. The lowest BCUT2D eigenvalue weighted by molar-refractivity contribution is -0.143. The molecule has 0 amide bonds. The van der Waals surface area contributed by atoms with Crippen LogP contribution >= 0.6 is 12.4 Å². The molecule has 100 valence electrons. The summed E-state index contributed by atoms with van der Waals surface area (Å²) < 4.78 is 5.02. The number of carbonyl (C=O) groups is 1. The Morgan fingerprint density at radius 2 is 2.28 bits per heavy atom. The number of nitrogen functional groups attached to an aromatic ring is 1. The molecule has 0 spiro atoms. The lowest BCUT2D eigenvalue weighted by Crippen LogP contribution is -2.15. The fraction of sp³-hybridized carbons (Fsp3) is 0.500. The Hall–Kier alpha value is -1.22. The van der Waals surface area contributed by atoms with E-state index in [-0.39, 0.29) is 24.3 Å². The van der Waals surface area contributed by atoms with Gasteiger partial charge in [0.15, 0.2) is 0 Å². The largest absolute Gasteiger partial charge is 0.466 e. The number of anilines is 1. The van der Waals surface area contributed by atoms with Gasteiger partial charge in [-0.15, -0.1) is 12.4 Å². The Bertz CT molecular complexity index is 420. The molecule has 0 radical (unpaired) electrons. The number of hydrogen-bond donors (Lipinski definition) is 1. The number of rotatable bonds is 3. The van der Waals surface area contributed by atoms with Gasteiger partial charge in [0.25, 0.3) is 0 Å². The van der Waals surface area contributed by atoms with E-state index in [1.165, 1.54) is 11.1 Å². The molecule has 3 nitrogen and oxygen atoms in total. The van der Waals surface area contributed by atoms with Crippen molar-refractivity contribution in [2.45, 2.75) is 38.5 Å². The molecule has 0 fully saturated rings. The maximum atomic E-state index is 11.6. The molecule has 0 saturated heterocycles. The lowest BCUT2D eigenvalue weighted by Gasteiger charge is -2.25. The number of carbonyl (C=O) groups excluding carboxylic acids is 1. The molecule has 0 aliphatic heterocycles. The molecule has 1 aliphatic carbocycles. The topological polar surface area (TPSA) is 52.3 Å². The van der Waals surface area contributed by atoms with Crippen LogP contribution in [-0.2, 0) is 16.0 Å². The van der Waals surface area contributed by atoms with E-state index < -0.39 is 0 Å². The summed E-state index contributed by atoms with van der Waals surface area (Å²) >= 11 is 0. The monoisotopic (exact) mass is 269 g/mol. The van der Waals surface area contributed by atoms with Crippen molar-refractivity contribution in [2.24, 2.45) is 0 Å². The Morgan fingerprint density at radius 3 is 3.00 bits per heavy atom. The third kappa shape index (κ3) is 3.39. The van der Waals surface area contributed by atoms with Gasteiger partial charge < -0.3 is 10.5 Å². The molecule has 0 heterocycles. The molecule has 1 aromatic carbocycles. The van der Waals surface area contributed by atoms with E-state index in [2.05, 4.69) is 6.07 Å². The smallest absolute Gasteiger partial charge is 0.306 e. The molecule has 18 heavy (non-hydrogen) atoms. The van der Waals surface area contributed by atoms with Crippen LogP contribution in [0, 0.1) is 0 Å². The number of hydrogen-bond acceptors (Lipinski definition) is 3. The van der Waals surface area contributed by atoms with Crippen LogP contribution in [0.15, 0.2) is 18.2 Å². The van der Waals surface area contributed by atoms with Crippen LogP contribution in [0.2, 0.25) is 0 Å². The first-order chi connectivity index (χ1) is 8.20. The van der Waals surface area contributed by atoms with Crippen molar-refractivity contribution < 1.29 is 9.53 Å². The van der Waals surface area contributed by atoms with E-state index in [1.807, 2.05) is 19.1 Å². The van der Waals surface area contributed by atoms with Gasteiger partial charge in [-0.1, -0.05) is 6.07 Å².